The van der Waals surface area contributed by atoms with E-state index < -0.39 is 0 Å². The van der Waals surface area contributed by atoms with E-state index in [1.165, 1.54) is 5.56 Å². The number of benzene rings is 1. The molecule has 0 heterocycles. The predicted molar refractivity (Wildman–Crippen MR) is 67.6 cm³/mol. The Morgan fingerprint density at radius 2 is 2.20 bits per heavy atom. The third-order valence-corrected chi connectivity index (χ3v) is 2.88. The lowest BCUT2D eigenvalue weighted by molar-refractivity contribution is 0.315. The molecular weight excluding hydrogens is 206 g/mol. The molecule has 84 valence electrons. The molecule has 0 saturated carbocycles. The van der Waals surface area contributed by atoms with Gasteiger partial charge in [-0.05, 0) is 31.4 Å². The first kappa shape index (κ1) is 12.4. The van der Waals surface area contributed by atoms with Gasteiger partial charge in [-0.3, -0.25) is 0 Å². The second kappa shape index (κ2) is 6.75. The second-order valence-corrected chi connectivity index (χ2v) is 4.50. The number of rotatable bonds is 6. The van der Waals surface area contributed by atoms with Crippen LogP contribution in [-0.4, -0.2) is 18.6 Å². The van der Waals surface area contributed by atoms with E-state index in [-0.39, 0.29) is 0 Å². The van der Waals surface area contributed by atoms with Gasteiger partial charge >= 0.3 is 0 Å². The average Bonchev–Trinajstić information content (AvgIpc) is 2.26. The van der Waals surface area contributed by atoms with Crippen LogP contribution in [0, 0.1) is 6.92 Å². The van der Waals surface area contributed by atoms with Crippen LogP contribution < -0.4 is 10.5 Å². The molecule has 0 amide bonds. The van der Waals surface area contributed by atoms with Crippen molar-refractivity contribution >= 4 is 11.8 Å². The molecule has 0 saturated heterocycles. The molecule has 1 rings (SSSR count). The van der Waals surface area contributed by atoms with Crippen LogP contribution in [0.15, 0.2) is 18.2 Å². The van der Waals surface area contributed by atoms with Crippen molar-refractivity contribution in [3.63, 3.8) is 0 Å². The van der Waals surface area contributed by atoms with Crippen LogP contribution in [0.3, 0.4) is 0 Å². The maximum absolute atomic E-state index is 5.69. The van der Waals surface area contributed by atoms with Crippen LogP contribution in [0.5, 0.6) is 5.75 Å². The quantitative estimate of drug-likeness (QED) is 0.756. The van der Waals surface area contributed by atoms with Gasteiger partial charge < -0.3 is 10.5 Å². The minimum Gasteiger partial charge on any atom is -0.493 e. The summed E-state index contributed by atoms with van der Waals surface area (Å²) in [4.78, 5) is 0. The number of hydrogen-bond donors (Lipinski definition) is 1. The lowest BCUT2D eigenvalue weighted by Gasteiger charge is -2.10. The van der Waals surface area contributed by atoms with E-state index in [2.05, 4.69) is 25.3 Å². The summed E-state index contributed by atoms with van der Waals surface area (Å²) in [6.45, 7) is 3.38. The maximum atomic E-state index is 5.69. The Hall–Kier alpha value is -0.670. The van der Waals surface area contributed by atoms with Gasteiger partial charge in [0.15, 0.2) is 0 Å². The zero-order valence-electron chi connectivity index (χ0n) is 9.45. The normalized spacial score (nSPS) is 10.3. The van der Waals surface area contributed by atoms with E-state index in [9.17, 15) is 0 Å². The summed E-state index contributed by atoms with van der Waals surface area (Å²) in [5.41, 5.74) is 7.99. The highest BCUT2D eigenvalue weighted by atomic mass is 32.2. The Morgan fingerprint density at radius 3 is 2.87 bits per heavy atom. The van der Waals surface area contributed by atoms with Crippen molar-refractivity contribution in [3.8, 4) is 5.75 Å². The summed E-state index contributed by atoms with van der Waals surface area (Å²) in [6, 6.07) is 6.16. The molecule has 2 nitrogen and oxygen atoms in total. The molecule has 0 aliphatic rings. The maximum Gasteiger partial charge on any atom is 0.123 e. The molecule has 0 aromatic heterocycles. The molecule has 2 N–H and O–H groups in total. The zero-order chi connectivity index (χ0) is 11.1. The molecule has 0 radical (unpaired) electrons. The van der Waals surface area contributed by atoms with Crippen molar-refractivity contribution in [2.75, 3.05) is 18.6 Å². The molecule has 0 fully saturated rings. The number of ether oxygens (including phenoxy) is 1. The topological polar surface area (TPSA) is 35.2 Å². The number of hydrogen-bond acceptors (Lipinski definition) is 3. The van der Waals surface area contributed by atoms with Crippen LogP contribution in [-0.2, 0) is 6.54 Å². The highest BCUT2D eigenvalue weighted by Gasteiger charge is 2.01. The van der Waals surface area contributed by atoms with Crippen LogP contribution in [0.2, 0.25) is 0 Å². The molecule has 0 atom stereocenters. The molecule has 0 aliphatic carbocycles. The van der Waals surface area contributed by atoms with E-state index >= 15 is 0 Å². The van der Waals surface area contributed by atoms with Crippen molar-refractivity contribution in [3.05, 3.63) is 29.3 Å². The van der Waals surface area contributed by atoms with Gasteiger partial charge in [0.05, 0.1) is 6.61 Å². The van der Waals surface area contributed by atoms with E-state index in [4.69, 9.17) is 10.5 Å². The van der Waals surface area contributed by atoms with Crippen molar-refractivity contribution < 1.29 is 4.74 Å². The SMILES string of the molecule is CSCCCOc1ccc(C)cc1CN. The third kappa shape index (κ3) is 4.14. The van der Waals surface area contributed by atoms with Gasteiger partial charge in [0, 0.05) is 12.1 Å². The van der Waals surface area contributed by atoms with Crippen LogP contribution in [0.4, 0.5) is 0 Å². The van der Waals surface area contributed by atoms with Crippen LogP contribution in [0.1, 0.15) is 17.5 Å². The standard InChI is InChI=1S/C12H19NOS/c1-10-4-5-12(11(8-10)9-13)14-6-3-7-15-2/h4-5,8H,3,6-7,9,13H2,1-2H3. The summed E-state index contributed by atoms with van der Waals surface area (Å²) < 4.78 is 5.69. The van der Waals surface area contributed by atoms with E-state index in [0.717, 1.165) is 30.1 Å². The summed E-state index contributed by atoms with van der Waals surface area (Å²) in [7, 11) is 0. The fraction of sp³-hybridized carbons (Fsp3) is 0.500. The van der Waals surface area contributed by atoms with Crippen LogP contribution in [0.25, 0.3) is 0 Å². The molecule has 15 heavy (non-hydrogen) atoms. The molecule has 1 aromatic rings. The van der Waals surface area contributed by atoms with Crippen molar-refractivity contribution in [1.29, 1.82) is 0 Å². The number of aryl methyl sites for hydroxylation is 1. The highest BCUT2D eigenvalue weighted by molar-refractivity contribution is 7.98. The molecule has 0 unspecified atom stereocenters. The minimum absolute atomic E-state index is 0.541. The lowest BCUT2D eigenvalue weighted by Crippen LogP contribution is -2.04. The van der Waals surface area contributed by atoms with Crippen molar-refractivity contribution in [1.82, 2.24) is 0 Å². The molecule has 0 bridgehead atoms. The fourth-order valence-corrected chi connectivity index (χ4v) is 1.80. The highest BCUT2D eigenvalue weighted by Crippen LogP contribution is 2.19. The van der Waals surface area contributed by atoms with Crippen LogP contribution >= 0.6 is 11.8 Å². The Bertz CT molecular complexity index is 302. The van der Waals surface area contributed by atoms with Gasteiger partial charge in [-0.2, -0.15) is 11.8 Å². The molecule has 1 aromatic carbocycles. The second-order valence-electron chi connectivity index (χ2n) is 3.51. The number of thioether (sulfide) groups is 1. The summed E-state index contributed by atoms with van der Waals surface area (Å²) in [5.74, 6) is 2.08. The Kier molecular flexibility index (Phi) is 5.58. The third-order valence-electron chi connectivity index (χ3n) is 2.19. The predicted octanol–water partition coefficient (Wildman–Crippen LogP) is 2.59. The van der Waals surface area contributed by atoms with E-state index in [0.29, 0.717) is 6.54 Å². The molecular formula is C12H19NOS. The molecule has 0 spiro atoms. The molecule has 0 aliphatic heterocycles. The lowest BCUT2D eigenvalue weighted by atomic mass is 10.1. The summed E-state index contributed by atoms with van der Waals surface area (Å²) >= 11 is 1.84. The van der Waals surface area contributed by atoms with Crippen molar-refractivity contribution in [2.45, 2.75) is 19.9 Å². The monoisotopic (exact) mass is 225 g/mol. The van der Waals surface area contributed by atoms with Gasteiger partial charge in [0.2, 0.25) is 0 Å². The van der Waals surface area contributed by atoms with Gasteiger partial charge in [0.1, 0.15) is 5.75 Å². The Balaban J connectivity index is 2.52. The van der Waals surface area contributed by atoms with E-state index in [1.54, 1.807) is 0 Å². The largest absolute Gasteiger partial charge is 0.493 e. The summed E-state index contributed by atoms with van der Waals surface area (Å²) in [6.07, 6.45) is 3.19. The number of nitrogens with two attached hydrogens (primary N) is 1. The molecule has 3 heteroatoms. The smallest absolute Gasteiger partial charge is 0.123 e. The first-order valence-electron chi connectivity index (χ1n) is 5.19. The first-order chi connectivity index (χ1) is 7.27. The summed E-state index contributed by atoms with van der Waals surface area (Å²) in [5, 5.41) is 0. The van der Waals surface area contributed by atoms with Crippen molar-refractivity contribution in [2.24, 2.45) is 5.73 Å². The van der Waals surface area contributed by atoms with Gasteiger partial charge in [-0.25, -0.2) is 0 Å². The minimum atomic E-state index is 0.541. The average molecular weight is 225 g/mol. The van der Waals surface area contributed by atoms with E-state index in [1.807, 2.05) is 17.8 Å². The fourth-order valence-electron chi connectivity index (χ4n) is 1.39. The van der Waals surface area contributed by atoms with Gasteiger partial charge in [-0.15, -0.1) is 0 Å². The first-order valence-corrected chi connectivity index (χ1v) is 6.58. The Labute approximate surface area is 96.2 Å². The zero-order valence-corrected chi connectivity index (χ0v) is 10.3. The van der Waals surface area contributed by atoms with Gasteiger partial charge in [-0.1, -0.05) is 17.7 Å². The van der Waals surface area contributed by atoms with Gasteiger partial charge in [0.25, 0.3) is 0 Å². The Morgan fingerprint density at radius 1 is 1.40 bits per heavy atom.